The molecule has 7 heteroatoms. The van der Waals surface area contributed by atoms with Crippen molar-refractivity contribution in [2.75, 3.05) is 13.1 Å². The Morgan fingerprint density at radius 1 is 1.04 bits per heavy atom. The van der Waals surface area contributed by atoms with Gasteiger partial charge in [0.25, 0.3) is 5.56 Å². The lowest BCUT2D eigenvalue weighted by Crippen LogP contribution is -2.30. The molecule has 0 saturated carbocycles. The first-order valence-corrected chi connectivity index (χ1v) is 10.5. The van der Waals surface area contributed by atoms with Crippen molar-refractivity contribution in [2.45, 2.75) is 45.1 Å². The number of benzene rings is 1. The number of nitrogens with zero attached hydrogens (tertiary/aromatic N) is 2. The average molecular weight is 388 g/mol. The van der Waals surface area contributed by atoms with E-state index in [1.54, 1.807) is 0 Å². The van der Waals surface area contributed by atoms with E-state index in [0.717, 1.165) is 29.5 Å². The molecule has 144 valence electrons. The Hall–Kier alpha value is -2.25. The minimum Gasteiger partial charge on any atom is -0.306 e. The SMILES string of the molecule is Cc1cc(C)c(C(=O)Cn2cc(S(=O)(=O)N3CCCC3)ccc2=O)c(C)c1. The molecule has 2 aromatic rings. The largest absolute Gasteiger partial charge is 0.306 e. The van der Waals surface area contributed by atoms with E-state index in [1.165, 1.54) is 27.2 Å². The highest BCUT2D eigenvalue weighted by molar-refractivity contribution is 7.89. The van der Waals surface area contributed by atoms with E-state index in [4.69, 9.17) is 0 Å². The molecule has 0 unspecified atom stereocenters. The summed E-state index contributed by atoms with van der Waals surface area (Å²) in [4.78, 5) is 25.1. The standard InChI is InChI=1S/C20H24N2O4S/c1-14-10-15(2)20(16(3)11-14)18(23)13-21-12-17(6-7-19(21)24)27(25,26)22-8-4-5-9-22/h6-7,10-12H,4-5,8-9,13H2,1-3H3. The van der Waals surface area contributed by atoms with Gasteiger partial charge in [-0.25, -0.2) is 8.42 Å². The molecule has 6 nitrogen and oxygen atoms in total. The predicted octanol–water partition coefficient (Wildman–Crippen LogP) is 2.44. The molecule has 1 aliphatic rings. The number of ketones is 1. The van der Waals surface area contributed by atoms with Gasteiger partial charge < -0.3 is 4.57 Å². The van der Waals surface area contributed by atoms with Gasteiger partial charge in [0.1, 0.15) is 0 Å². The molecule has 1 saturated heterocycles. The van der Waals surface area contributed by atoms with Crippen molar-refractivity contribution < 1.29 is 13.2 Å². The van der Waals surface area contributed by atoms with Crippen LogP contribution in [0.2, 0.25) is 0 Å². The lowest BCUT2D eigenvalue weighted by molar-refractivity contribution is 0.0969. The maximum Gasteiger partial charge on any atom is 0.251 e. The summed E-state index contributed by atoms with van der Waals surface area (Å²) >= 11 is 0. The molecule has 0 N–H and O–H groups in total. The lowest BCUT2D eigenvalue weighted by atomic mass is 9.96. The zero-order valence-electron chi connectivity index (χ0n) is 15.9. The van der Waals surface area contributed by atoms with Crippen LogP contribution in [0.5, 0.6) is 0 Å². The highest BCUT2D eigenvalue weighted by Gasteiger charge is 2.28. The van der Waals surface area contributed by atoms with E-state index >= 15 is 0 Å². The second-order valence-corrected chi connectivity index (χ2v) is 9.08. The first kappa shape index (κ1) is 19.5. The highest BCUT2D eigenvalue weighted by atomic mass is 32.2. The zero-order chi connectivity index (χ0) is 19.8. The van der Waals surface area contributed by atoms with Gasteiger partial charge >= 0.3 is 0 Å². The topological polar surface area (TPSA) is 76.5 Å². The van der Waals surface area contributed by atoms with Gasteiger partial charge in [-0.15, -0.1) is 0 Å². The molecule has 27 heavy (non-hydrogen) atoms. The minimum absolute atomic E-state index is 0.0501. The number of carbonyl (C=O) groups excluding carboxylic acids is 1. The number of aromatic nitrogens is 1. The third kappa shape index (κ3) is 3.89. The molecule has 3 rings (SSSR count). The van der Waals surface area contributed by atoms with E-state index in [2.05, 4.69) is 0 Å². The molecule has 0 spiro atoms. The van der Waals surface area contributed by atoms with Crippen LogP contribution in [-0.4, -0.2) is 36.2 Å². The lowest BCUT2D eigenvalue weighted by Gasteiger charge is -2.16. The first-order valence-electron chi connectivity index (χ1n) is 9.02. The van der Waals surface area contributed by atoms with Gasteiger partial charge in [0.15, 0.2) is 5.78 Å². The van der Waals surface area contributed by atoms with Gasteiger partial charge in [-0.05, 0) is 50.8 Å². The Balaban J connectivity index is 1.94. The summed E-state index contributed by atoms with van der Waals surface area (Å²) in [5.74, 6) is -0.206. The Labute approximate surface area is 159 Å². The third-order valence-corrected chi connectivity index (χ3v) is 6.81. The highest BCUT2D eigenvalue weighted by Crippen LogP contribution is 2.21. The summed E-state index contributed by atoms with van der Waals surface area (Å²) in [6, 6.07) is 6.39. The zero-order valence-corrected chi connectivity index (χ0v) is 16.7. The summed E-state index contributed by atoms with van der Waals surface area (Å²) in [6.45, 7) is 6.48. The van der Waals surface area contributed by atoms with Crippen LogP contribution in [0.1, 0.15) is 39.9 Å². The normalized spacial score (nSPS) is 15.2. The van der Waals surface area contributed by atoms with Crippen LogP contribution >= 0.6 is 0 Å². The molecule has 2 heterocycles. The molecular weight excluding hydrogens is 364 g/mol. The predicted molar refractivity (Wildman–Crippen MR) is 104 cm³/mol. The molecule has 0 aliphatic carbocycles. The van der Waals surface area contributed by atoms with Crippen molar-refractivity contribution in [1.29, 1.82) is 0 Å². The molecular formula is C20H24N2O4S. The molecule has 0 bridgehead atoms. The summed E-state index contributed by atoms with van der Waals surface area (Å²) in [5, 5.41) is 0. The van der Waals surface area contributed by atoms with Crippen molar-refractivity contribution in [1.82, 2.24) is 8.87 Å². The van der Waals surface area contributed by atoms with E-state index in [1.807, 2.05) is 32.9 Å². The van der Waals surface area contributed by atoms with E-state index in [-0.39, 0.29) is 17.2 Å². The maximum absolute atomic E-state index is 12.8. The van der Waals surface area contributed by atoms with E-state index in [9.17, 15) is 18.0 Å². The quantitative estimate of drug-likeness (QED) is 0.737. The smallest absolute Gasteiger partial charge is 0.251 e. The number of hydrogen-bond acceptors (Lipinski definition) is 4. The summed E-state index contributed by atoms with van der Waals surface area (Å²) in [7, 11) is -3.64. The fourth-order valence-corrected chi connectivity index (χ4v) is 5.25. The number of sulfonamides is 1. The van der Waals surface area contributed by atoms with Crippen LogP contribution in [0.4, 0.5) is 0 Å². The number of aryl methyl sites for hydroxylation is 3. The number of pyridine rings is 1. The van der Waals surface area contributed by atoms with Crippen LogP contribution in [0.25, 0.3) is 0 Å². The van der Waals surface area contributed by atoms with Crippen LogP contribution in [-0.2, 0) is 16.6 Å². The van der Waals surface area contributed by atoms with E-state index < -0.39 is 15.6 Å². The van der Waals surface area contributed by atoms with Crippen LogP contribution < -0.4 is 5.56 Å². The number of carbonyl (C=O) groups is 1. The van der Waals surface area contributed by atoms with Crippen molar-refractivity contribution in [3.8, 4) is 0 Å². The van der Waals surface area contributed by atoms with Gasteiger partial charge in [0.05, 0.1) is 11.4 Å². The average Bonchev–Trinajstić information content (AvgIpc) is 3.11. The maximum atomic E-state index is 12.8. The summed E-state index contributed by atoms with van der Waals surface area (Å²) in [6.07, 6.45) is 2.96. The first-order chi connectivity index (χ1) is 12.7. The molecule has 0 radical (unpaired) electrons. The van der Waals surface area contributed by atoms with Gasteiger partial charge in [-0.2, -0.15) is 4.31 Å². The van der Waals surface area contributed by atoms with Crippen molar-refractivity contribution >= 4 is 15.8 Å². The minimum atomic E-state index is -3.64. The number of Topliss-reactive ketones (excluding diaryl/α,β-unsaturated/α-hetero) is 1. The van der Waals surface area contributed by atoms with E-state index in [0.29, 0.717) is 18.7 Å². The Kier molecular flexibility index (Phi) is 5.35. The molecule has 1 fully saturated rings. The molecule has 1 aliphatic heterocycles. The molecule has 0 atom stereocenters. The van der Waals surface area contributed by atoms with Gasteiger partial charge in [0.2, 0.25) is 10.0 Å². The number of hydrogen-bond donors (Lipinski definition) is 0. The second-order valence-electron chi connectivity index (χ2n) is 7.14. The Bertz CT molecular complexity index is 1020. The van der Waals surface area contributed by atoms with Gasteiger partial charge in [0, 0.05) is 30.9 Å². The molecule has 1 aromatic heterocycles. The van der Waals surface area contributed by atoms with Gasteiger partial charge in [-0.3, -0.25) is 9.59 Å². The van der Waals surface area contributed by atoms with Crippen molar-refractivity contribution in [3.05, 3.63) is 63.1 Å². The third-order valence-electron chi connectivity index (χ3n) is 4.93. The summed E-state index contributed by atoms with van der Waals surface area (Å²) < 4.78 is 28.1. The fourth-order valence-electron chi connectivity index (χ4n) is 3.72. The van der Waals surface area contributed by atoms with Crippen molar-refractivity contribution in [2.24, 2.45) is 0 Å². The monoisotopic (exact) mass is 388 g/mol. The Morgan fingerprint density at radius 3 is 2.22 bits per heavy atom. The number of rotatable bonds is 5. The van der Waals surface area contributed by atoms with Gasteiger partial charge in [-0.1, -0.05) is 17.7 Å². The Morgan fingerprint density at radius 2 is 1.63 bits per heavy atom. The fraction of sp³-hybridized carbons (Fsp3) is 0.400. The van der Waals surface area contributed by atoms with Crippen LogP contribution in [0, 0.1) is 20.8 Å². The van der Waals surface area contributed by atoms with Crippen LogP contribution in [0.3, 0.4) is 0 Å². The second kappa shape index (κ2) is 7.40. The van der Waals surface area contributed by atoms with Crippen LogP contribution in [0.15, 0.2) is 40.2 Å². The molecule has 1 aromatic carbocycles. The molecule has 0 amide bonds. The summed E-state index contributed by atoms with van der Waals surface area (Å²) in [5.41, 5.74) is 2.96. The van der Waals surface area contributed by atoms with Crippen molar-refractivity contribution in [3.63, 3.8) is 0 Å².